The Morgan fingerprint density at radius 1 is 1.50 bits per heavy atom. The molecule has 0 aromatic heterocycles. The van der Waals surface area contributed by atoms with Gasteiger partial charge in [0.15, 0.2) is 19.4 Å². The summed E-state index contributed by atoms with van der Waals surface area (Å²) in [5, 5.41) is 0. The van der Waals surface area contributed by atoms with E-state index < -0.39 is 0 Å². The van der Waals surface area contributed by atoms with Gasteiger partial charge in [0.25, 0.3) is 0 Å². The molecule has 0 heterocycles. The second-order valence-corrected chi connectivity index (χ2v) is 3.86. The van der Waals surface area contributed by atoms with Gasteiger partial charge in [-0.05, 0) is 35.0 Å². The van der Waals surface area contributed by atoms with Gasteiger partial charge in [0.1, 0.15) is 5.75 Å². The number of methoxy groups -OCH3 is 1. The molecule has 0 aliphatic carbocycles. The van der Waals surface area contributed by atoms with E-state index in [1.54, 1.807) is 32.2 Å². The maximum atomic E-state index is 10.8. The van der Waals surface area contributed by atoms with Crippen molar-refractivity contribution < 1.29 is 19.0 Å². The Morgan fingerprint density at radius 3 is 2.88 bits per heavy atom. The minimum absolute atomic E-state index is 0.0262. The molecule has 88 valence electrons. The third-order valence-electron chi connectivity index (χ3n) is 1.96. The molecule has 1 rings (SSSR count). The lowest BCUT2D eigenvalue weighted by Crippen LogP contribution is -2.15. The van der Waals surface area contributed by atoms with E-state index in [4.69, 9.17) is 14.2 Å². The van der Waals surface area contributed by atoms with Crippen molar-refractivity contribution >= 4 is 22.2 Å². The fourth-order valence-electron chi connectivity index (χ4n) is 1.03. The van der Waals surface area contributed by atoms with Crippen LogP contribution in [0, 0.1) is 0 Å². The molecule has 0 aliphatic heterocycles. The number of hydrogen-bond acceptors (Lipinski definition) is 4. The number of benzene rings is 1. The molecule has 16 heavy (non-hydrogen) atoms. The van der Waals surface area contributed by atoms with E-state index in [-0.39, 0.29) is 13.1 Å². The number of para-hydroxylation sites is 1. The van der Waals surface area contributed by atoms with E-state index in [1.165, 1.54) is 0 Å². The molecule has 0 aliphatic rings. The van der Waals surface area contributed by atoms with Crippen molar-refractivity contribution in [1.82, 2.24) is 0 Å². The second kappa shape index (κ2) is 6.62. The molecule has 0 saturated heterocycles. The zero-order valence-corrected chi connectivity index (χ0v) is 10.7. The van der Waals surface area contributed by atoms with Gasteiger partial charge in [-0.1, -0.05) is 6.07 Å². The average Bonchev–Trinajstić information content (AvgIpc) is 2.30. The Labute approximate surface area is 103 Å². The fourth-order valence-corrected chi connectivity index (χ4v) is 1.52. The van der Waals surface area contributed by atoms with E-state index in [0.717, 1.165) is 6.29 Å². The van der Waals surface area contributed by atoms with Gasteiger partial charge in [-0.25, -0.2) is 0 Å². The lowest BCUT2D eigenvalue weighted by Gasteiger charge is -2.13. The molecule has 0 saturated carbocycles. The van der Waals surface area contributed by atoms with Crippen LogP contribution in [-0.4, -0.2) is 26.5 Å². The third kappa shape index (κ3) is 3.59. The Hall–Kier alpha value is -0.910. The predicted molar refractivity (Wildman–Crippen MR) is 62.6 cm³/mol. The zero-order valence-electron chi connectivity index (χ0n) is 9.10. The number of rotatable bonds is 6. The smallest absolute Gasteiger partial charge is 0.192 e. The summed E-state index contributed by atoms with van der Waals surface area (Å²) in [6.45, 7) is 1.78. The number of hydrogen-bond donors (Lipinski definition) is 0. The highest BCUT2D eigenvalue weighted by Gasteiger charge is 2.08. The van der Waals surface area contributed by atoms with Crippen molar-refractivity contribution in [1.29, 1.82) is 0 Å². The van der Waals surface area contributed by atoms with E-state index in [2.05, 4.69) is 15.9 Å². The summed E-state index contributed by atoms with van der Waals surface area (Å²) >= 11 is 3.30. The monoisotopic (exact) mass is 288 g/mol. The minimum Gasteiger partial charge on any atom is -0.466 e. The van der Waals surface area contributed by atoms with Crippen molar-refractivity contribution in [3.05, 3.63) is 28.2 Å². The predicted octanol–water partition coefficient (Wildman–Crippen LogP) is 2.61. The van der Waals surface area contributed by atoms with Gasteiger partial charge in [-0.3, -0.25) is 4.79 Å². The molecule has 1 aromatic rings. The van der Waals surface area contributed by atoms with Gasteiger partial charge >= 0.3 is 0 Å². The van der Waals surface area contributed by atoms with Crippen LogP contribution in [0.2, 0.25) is 0 Å². The lowest BCUT2D eigenvalue weighted by atomic mass is 10.2. The fraction of sp³-hybridized carbons (Fsp3) is 0.364. The highest BCUT2D eigenvalue weighted by Crippen LogP contribution is 2.27. The molecule has 0 spiro atoms. The first-order chi connectivity index (χ1) is 7.69. The number of carbonyl (C=O) groups is 1. The topological polar surface area (TPSA) is 44.8 Å². The molecular weight excluding hydrogens is 276 g/mol. The number of ether oxygens (including phenoxy) is 3. The van der Waals surface area contributed by atoms with E-state index >= 15 is 0 Å². The summed E-state index contributed by atoms with van der Waals surface area (Å²) in [6, 6.07) is 5.23. The van der Waals surface area contributed by atoms with Gasteiger partial charge in [0, 0.05) is 7.11 Å². The van der Waals surface area contributed by atoms with Crippen molar-refractivity contribution in [2.75, 3.05) is 13.9 Å². The van der Waals surface area contributed by atoms with Crippen LogP contribution in [0.25, 0.3) is 0 Å². The Kier molecular flexibility index (Phi) is 5.45. The first-order valence-corrected chi connectivity index (χ1v) is 5.49. The van der Waals surface area contributed by atoms with Crippen molar-refractivity contribution in [2.45, 2.75) is 13.2 Å². The molecular formula is C11H13BrO4. The summed E-state index contributed by atoms with van der Waals surface area (Å²) < 4.78 is 16.1. The van der Waals surface area contributed by atoms with Crippen LogP contribution in [0.3, 0.4) is 0 Å². The van der Waals surface area contributed by atoms with Crippen LogP contribution < -0.4 is 4.74 Å². The minimum atomic E-state index is -0.345. The molecule has 0 bridgehead atoms. The molecule has 4 nitrogen and oxygen atoms in total. The van der Waals surface area contributed by atoms with Crippen LogP contribution >= 0.6 is 15.9 Å². The summed E-state index contributed by atoms with van der Waals surface area (Å²) in [6.07, 6.45) is 0.391. The number of halogens is 1. The second-order valence-electron chi connectivity index (χ2n) is 3.01. The largest absolute Gasteiger partial charge is 0.466 e. The molecule has 1 aromatic carbocycles. The summed E-state index contributed by atoms with van der Waals surface area (Å²) in [4.78, 5) is 10.8. The zero-order chi connectivity index (χ0) is 12.0. The quantitative estimate of drug-likeness (QED) is 0.596. The van der Waals surface area contributed by atoms with Gasteiger partial charge in [-0.15, -0.1) is 0 Å². The molecule has 0 radical (unpaired) electrons. The molecule has 0 amide bonds. The van der Waals surface area contributed by atoms with Crippen molar-refractivity contribution in [2.24, 2.45) is 0 Å². The summed E-state index contributed by atoms with van der Waals surface area (Å²) in [7, 11) is 1.54. The van der Waals surface area contributed by atoms with Crippen LogP contribution in [0.4, 0.5) is 0 Å². The third-order valence-corrected chi connectivity index (χ3v) is 2.59. The highest BCUT2D eigenvalue weighted by atomic mass is 79.9. The standard InChI is InChI=1S/C11H13BrO4/c1-8(14-2)15-7-16-11-9(6-13)4-3-5-10(11)12/h3-6,8H,7H2,1-2H3. The van der Waals surface area contributed by atoms with Gasteiger partial charge in [0.2, 0.25) is 0 Å². The summed E-state index contributed by atoms with van der Waals surface area (Å²) in [5.41, 5.74) is 0.475. The SMILES string of the molecule is COC(C)OCOc1c(Br)cccc1C=O. The molecule has 5 heteroatoms. The normalized spacial score (nSPS) is 12.2. The average molecular weight is 289 g/mol. The van der Waals surface area contributed by atoms with Crippen LogP contribution in [0.1, 0.15) is 17.3 Å². The first-order valence-electron chi connectivity index (χ1n) is 4.70. The Morgan fingerprint density at radius 2 is 2.25 bits per heavy atom. The first kappa shape index (κ1) is 13.2. The maximum absolute atomic E-state index is 10.8. The van der Waals surface area contributed by atoms with Crippen LogP contribution in [-0.2, 0) is 9.47 Å². The van der Waals surface area contributed by atoms with Gasteiger partial charge < -0.3 is 14.2 Å². The Balaban J connectivity index is 2.62. The van der Waals surface area contributed by atoms with Gasteiger partial charge in [0.05, 0.1) is 10.0 Å². The highest BCUT2D eigenvalue weighted by molar-refractivity contribution is 9.10. The molecule has 1 atom stereocenters. The molecule has 1 unspecified atom stereocenters. The van der Waals surface area contributed by atoms with Gasteiger partial charge in [-0.2, -0.15) is 0 Å². The number of aldehydes is 1. The van der Waals surface area contributed by atoms with E-state index in [9.17, 15) is 4.79 Å². The van der Waals surface area contributed by atoms with E-state index in [0.29, 0.717) is 15.8 Å². The van der Waals surface area contributed by atoms with Crippen LogP contribution in [0.15, 0.2) is 22.7 Å². The Bertz CT molecular complexity index is 354. The van der Waals surface area contributed by atoms with Crippen molar-refractivity contribution in [3.63, 3.8) is 0 Å². The van der Waals surface area contributed by atoms with Crippen molar-refractivity contribution in [3.8, 4) is 5.75 Å². The maximum Gasteiger partial charge on any atom is 0.192 e. The molecule has 0 fully saturated rings. The number of carbonyl (C=O) groups excluding carboxylic acids is 1. The lowest BCUT2D eigenvalue weighted by molar-refractivity contribution is -0.149. The summed E-state index contributed by atoms with van der Waals surface area (Å²) in [5.74, 6) is 0.473. The molecule has 0 N–H and O–H groups in total. The van der Waals surface area contributed by atoms with Crippen LogP contribution in [0.5, 0.6) is 5.75 Å². The van der Waals surface area contributed by atoms with E-state index in [1.807, 2.05) is 0 Å².